The lowest BCUT2D eigenvalue weighted by molar-refractivity contribution is -0.114. The number of carbonyl (C=O) groups is 1. The molecule has 0 aliphatic rings. The average Bonchev–Trinajstić information content (AvgIpc) is 2.57. The highest BCUT2D eigenvalue weighted by Gasteiger charge is 2.08. The number of nitrogens with one attached hydrogen (secondary N) is 3. The summed E-state index contributed by atoms with van der Waals surface area (Å²) in [7, 11) is 3.36. The highest BCUT2D eigenvalue weighted by atomic mass is 16.5. The summed E-state index contributed by atoms with van der Waals surface area (Å²) in [6.07, 6.45) is 3.57. The first-order chi connectivity index (χ1) is 12.3. The zero-order valence-corrected chi connectivity index (χ0v) is 17.0. The lowest BCUT2D eigenvalue weighted by Crippen LogP contribution is -2.41. The lowest BCUT2D eigenvalue weighted by Gasteiger charge is -2.19. The third-order valence-corrected chi connectivity index (χ3v) is 4.06. The standard InChI is InChI=1S/C20H34N4O2/c1-14(2)8-7-9-15(3)23-20(21-5)22-13-17-10-11-19(26-6)18(12-17)24-16(4)25/h10-12,14-15H,7-9,13H2,1-6H3,(H,24,25)(H2,21,22,23). The topological polar surface area (TPSA) is 74.8 Å². The van der Waals surface area contributed by atoms with Crippen LogP contribution in [0.2, 0.25) is 0 Å². The van der Waals surface area contributed by atoms with Crippen LogP contribution >= 0.6 is 0 Å². The van der Waals surface area contributed by atoms with Gasteiger partial charge < -0.3 is 20.7 Å². The summed E-state index contributed by atoms with van der Waals surface area (Å²) in [6, 6.07) is 6.10. The molecule has 0 saturated carbocycles. The highest BCUT2D eigenvalue weighted by Crippen LogP contribution is 2.25. The maximum atomic E-state index is 11.3. The zero-order chi connectivity index (χ0) is 19.5. The molecule has 0 radical (unpaired) electrons. The third-order valence-electron chi connectivity index (χ3n) is 4.06. The van der Waals surface area contributed by atoms with Crippen molar-refractivity contribution in [3.05, 3.63) is 23.8 Å². The number of carbonyl (C=O) groups excluding carboxylic acids is 1. The van der Waals surface area contributed by atoms with Crippen molar-refractivity contribution in [2.24, 2.45) is 10.9 Å². The van der Waals surface area contributed by atoms with Crippen molar-refractivity contribution in [2.75, 3.05) is 19.5 Å². The molecule has 1 atom stereocenters. The Hall–Kier alpha value is -2.24. The van der Waals surface area contributed by atoms with E-state index in [0.29, 0.717) is 24.0 Å². The van der Waals surface area contributed by atoms with Crippen LogP contribution in [0.5, 0.6) is 5.75 Å². The van der Waals surface area contributed by atoms with Crippen molar-refractivity contribution in [1.82, 2.24) is 10.6 Å². The van der Waals surface area contributed by atoms with E-state index in [1.165, 1.54) is 19.8 Å². The molecule has 1 amide bonds. The van der Waals surface area contributed by atoms with E-state index in [9.17, 15) is 4.79 Å². The molecule has 0 heterocycles. The van der Waals surface area contributed by atoms with Crippen LogP contribution in [-0.2, 0) is 11.3 Å². The van der Waals surface area contributed by atoms with E-state index in [1.807, 2.05) is 18.2 Å². The normalized spacial score (nSPS) is 12.7. The predicted molar refractivity (Wildman–Crippen MR) is 109 cm³/mol. The Labute approximate surface area is 157 Å². The van der Waals surface area contributed by atoms with Gasteiger partial charge >= 0.3 is 0 Å². The first-order valence-electron chi connectivity index (χ1n) is 9.27. The van der Waals surface area contributed by atoms with Gasteiger partial charge in [-0.3, -0.25) is 9.79 Å². The summed E-state index contributed by atoms with van der Waals surface area (Å²) < 4.78 is 5.28. The van der Waals surface area contributed by atoms with Crippen molar-refractivity contribution in [3.8, 4) is 5.75 Å². The zero-order valence-electron chi connectivity index (χ0n) is 17.0. The molecule has 0 aliphatic heterocycles. The second-order valence-electron chi connectivity index (χ2n) is 7.01. The van der Waals surface area contributed by atoms with E-state index >= 15 is 0 Å². The fraction of sp³-hybridized carbons (Fsp3) is 0.600. The second kappa shape index (κ2) is 11.4. The van der Waals surface area contributed by atoms with Crippen molar-refractivity contribution >= 4 is 17.6 Å². The first-order valence-corrected chi connectivity index (χ1v) is 9.27. The number of rotatable bonds is 9. The van der Waals surface area contributed by atoms with Gasteiger partial charge in [0.05, 0.1) is 12.8 Å². The van der Waals surface area contributed by atoms with Gasteiger partial charge in [0.1, 0.15) is 5.75 Å². The smallest absolute Gasteiger partial charge is 0.221 e. The molecule has 0 fully saturated rings. The monoisotopic (exact) mass is 362 g/mol. The number of benzene rings is 1. The number of guanidine groups is 1. The number of amides is 1. The van der Waals surface area contributed by atoms with Gasteiger partial charge in [-0.1, -0.05) is 32.8 Å². The molecule has 1 aromatic rings. The maximum Gasteiger partial charge on any atom is 0.221 e. The van der Waals surface area contributed by atoms with E-state index in [4.69, 9.17) is 4.74 Å². The van der Waals surface area contributed by atoms with E-state index in [0.717, 1.165) is 23.9 Å². The number of anilines is 1. The van der Waals surface area contributed by atoms with E-state index < -0.39 is 0 Å². The molecular formula is C20H34N4O2. The molecule has 6 nitrogen and oxygen atoms in total. The number of aliphatic imine (C=N–C) groups is 1. The minimum Gasteiger partial charge on any atom is -0.495 e. The first kappa shape index (κ1) is 21.8. The van der Waals surface area contributed by atoms with Crippen molar-refractivity contribution in [3.63, 3.8) is 0 Å². The summed E-state index contributed by atoms with van der Waals surface area (Å²) in [5.74, 6) is 2.04. The molecule has 1 unspecified atom stereocenters. The number of hydrogen-bond donors (Lipinski definition) is 3. The summed E-state index contributed by atoms with van der Waals surface area (Å²) in [4.78, 5) is 15.6. The van der Waals surface area contributed by atoms with Gasteiger partial charge in [-0.25, -0.2) is 0 Å². The van der Waals surface area contributed by atoms with Gasteiger partial charge in [0, 0.05) is 26.6 Å². The molecule has 0 bridgehead atoms. The highest BCUT2D eigenvalue weighted by molar-refractivity contribution is 5.90. The Morgan fingerprint density at radius 1 is 1.23 bits per heavy atom. The van der Waals surface area contributed by atoms with Crippen LogP contribution < -0.4 is 20.7 Å². The summed E-state index contributed by atoms with van der Waals surface area (Å²) in [5, 5.41) is 9.54. The van der Waals surface area contributed by atoms with Crippen molar-refractivity contribution in [2.45, 2.75) is 59.5 Å². The summed E-state index contributed by atoms with van der Waals surface area (Å²) in [5.41, 5.74) is 1.70. The molecule has 1 rings (SSSR count). The van der Waals surface area contributed by atoms with Crippen LogP contribution in [-0.4, -0.2) is 32.1 Å². The fourth-order valence-electron chi connectivity index (χ4n) is 2.67. The molecule has 1 aromatic carbocycles. The van der Waals surface area contributed by atoms with Gasteiger partial charge in [-0.15, -0.1) is 0 Å². The molecule has 26 heavy (non-hydrogen) atoms. The number of methoxy groups -OCH3 is 1. The third kappa shape index (κ3) is 8.23. The Balaban J connectivity index is 2.58. The molecular weight excluding hydrogens is 328 g/mol. The van der Waals surface area contributed by atoms with Crippen LogP contribution in [0, 0.1) is 5.92 Å². The van der Waals surface area contributed by atoms with Gasteiger partial charge in [0.25, 0.3) is 0 Å². The predicted octanol–water partition coefficient (Wildman–Crippen LogP) is 3.53. The fourth-order valence-corrected chi connectivity index (χ4v) is 2.67. The van der Waals surface area contributed by atoms with Gasteiger partial charge in [0.2, 0.25) is 5.91 Å². The molecule has 0 aromatic heterocycles. The van der Waals surface area contributed by atoms with E-state index in [1.54, 1.807) is 14.2 Å². The average molecular weight is 363 g/mol. The van der Waals surface area contributed by atoms with Crippen LogP contribution in [0.25, 0.3) is 0 Å². The van der Waals surface area contributed by atoms with Crippen LogP contribution in [0.15, 0.2) is 23.2 Å². The largest absolute Gasteiger partial charge is 0.495 e. The Morgan fingerprint density at radius 3 is 2.54 bits per heavy atom. The molecule has 0 aliphatic carbocycles. The number of nitrogens with zero attached hydrogens (tertiary/aromatic N) is 1. The van der Waals surface area contributed by atoms with Crippen LogP contribution in [0.3, 0.4) is 0 Å². The van der Waals surface area contributed by atoms with Gasteiger partial charge in [-0.2, -0.15) is 0 Å². The van der Waals surface area contributed by atoms with Crippen molar-refractivity contribution < 1.29 is 9.53 Å². The Morgan fingerprint density at radius 2 is 1.96 bits per heavy atom. The van der Waals surface area contributed by atoms with Crippen LogP contribution in [0.1, 0.15) is 52.5 Å². The van der Waals surface area contributed by atoms with E-state index in [-0.39, 0.29) is 5.91 Å². The maximum absolute atomic E-state index is 11.3. The van der Waals surface area contributed by atoms with Gasteiger partial charge in [0.15, 0.2) is 5.96 Å². The van der Waals surface area contributed by atoms with Gasteiger partial charge in [-0.05, 0) is 37.0 Å². The number of hydrogen-bond acceptors (Lipinski definition) is 3. The Kier molecular flexibility index (Phi) is 9.55. The molecule has 0 spiro atoms. The minimum absolute atomic E-state index is 0.124. The SMILES string of the molecule is CN=C(NCc1ccc(OC)c(NC(C)=O)c1)NC(C)CCCC(C)C. The quantitative estimate of drug-likeness (QED) is 0.464. The lowest BCUT2D eigenvalue weighted by atomic mass is 10.0. The molecule has 6 heteroatoms. The minimum atomic E-state index is -0.124. The number of ether oxygens (including phenoxy) is 1. The van der Waals surface area contributed by atoms with E-state index in [2.05, 4.69) is 41.7 Å². The van der Waals surface area contributed by atoms with Crippen molar-refractivity contribution in [1.29, 1.82) is 0 Å². The summed E-state index contributed by atoms with van der Waals surface area (Å²) in [6.45, 7) is 8.77. The Bertz CT molecular complexity index is 599. The second-order valence-corrected chi connectivity index (χ2v) is 7.01. The summed E-state index contributed by atoms with van der Waals surface area (Å²) >= 11 is 0. The molecule has 0 saturated heterocycles. The van der Waals surface area contributed by atoms with Crippen LogP contribution in [0.4, 0.5) is 5.69 Å². The molecule has 3 N–H and O–H groups in total. The molecule has 146 valence electrons.